The molecule has 1 N–H and O–H groups in total. The first-order valence-corrected chi connectivity index (χ1v) is 9.95. The molecule has 1 atom stereocenters. The summed E-state index contributed by atoms with van der Waals surface area (Å²) >= 11 is 0. The Kier molecular flexibility index (Phi) is 7.50. The number of amides is 1. The number of nitrogens with one attached hydrogen (secondary N) is 1. The third kappa shape index (κ3) is 6.01. The maximum absolute atomic E-state index is 12.5. The first kappa shape index (κ1) is 21.8. The lowest BCUT2D eigenvalue weighted by atomic mass is 9.87. The van der Waals surface area contributed by atoms with Crippen molar-refractivity contribution in [2.75, 3.05) is 7.11 Å². The zero-order valence-electron chi connectivity index (χ0n) is 18.0. The van der Waals surface area contributed by atoms with E-state index in [1.54, 1.807) is 13.2 Å². The molecule has 2 aromatic carbocycles. The molecule has 1 amide bonds. The summed E-state index contributed by atoms with van der Waals surface area (Å²) in [5.74, 6) is 1.44. The SMILES string of the molecule is CCCC(C)NC(=O)c1ccc(OC)c(COc2ccc(C(C)(C)C)cc2)c1. The lowest BCUT2D eigenvalue weighted by molar-refractivity contribution is 0.0938. The molecule has 0 saturated heterocycles. The molecule has 0 radical (unpaired) electrons. The van der Waals surface area contributed by atoms with E-state index in [1.165, 1.54) is 5.56 Å². The van der Waals surface area contributed by atoms with E-state index < -0.39 is 0 Å². The second-order valence-corrected chi connectivity index (χ2v) is 8.25. The van der Waals surface area contributed by atoms with Crippen LogP contribution in [-0.2, 0) is 12.0 Å². The van der Waals surface area contributed by atoms with Crippen LogP contribution < -0.4 is 14.8 Å². The van der Waals surface area contributed by atoms with E-state index in [-0.39, 0.29) is 17.4 Å². The van der Waals surface area contributed by atoms with Gasteiger partial charge < -0.3 is 14.8 Å². The normalized spacial score (nSPS) is 12.4. The van der Waals surface area contributed by atoms with Gasteiger partial charge in [0.05, 0.1) is 7.11 Å². The number of carbonyl (C=O) groups excluding carboxylic acids is 1. The molecule has 152 valence electrons. The average molecular weight is 384 g/mol. The summed E-state index contributed by atoms with van der Waals surface area (Å²) in [5, 5.41) is 3.04. The van der Waals surface area contributed by atoms with E-state index in [0.717, 1.165) is 24.2 Å². The van der Waals surface area contributed by atoms with Crippen LogP contribution in [0.3, 0.4) is 0 Å². The zero-order chi connectivity index (χ0) is 20.7. The van der Waals surface area contributed by atoms with Crippen LogP contribution in [0.4, 0.5) is 0 Å². The molecule has 2 rings (SSSR count). The van der Waals surface area contributed by atoms with Gasteiger partial charge in [0.2, 0.25) is 0 Å². The van der Waals surface area contributed by atoms with Gasteiger partial charge in [0, 0.05) is 17.2 Å². The number of hydrogen-bond acceptors (Lipinski definition) is 3. The smallest absolute Gasteiger partial charge is 0.251 e. The van der Waals surface area contributed by atoms with Crippen LogP contribution in [0.25, 0.3) is 0 Å². The predicted molar refractivity (Wildman–Crippen MR) is 114 cm³/mol. The maximum atomic E-state index is 12.5. The molecule has 0 fully saturated rings. The van der Waals surface area contributed by atoms with Gasteiger partial charge in [-0.1, -0.05) is 46.2 Å². The van der Waals surface area contributed by atoms with Crippen LogP contribution in [0.2, 0.25) is 0 Å². The van der Waals surface area contributed by atoms with E-state index in [1.807, 2.05) is 31.2 Å². The van der Waals surface area contributed by atoms with Crippen molar-refractivity contribution in [3.63, 3.8) is 0 Å². The van der Waals surface area contributed by atoms with Crippen molar-refractivity contribution >= 4 is 5.91 Å². The summed E-state index contributed by atoms with van der Waals surface area (Å²) < 4.78 is 11.4. The molecule has 0 aromatic heterocycles. The minimum Gasteiger partial charge on any atom is -0.496 e. The molecule has 0 aliphatic rings. The van der Waals surface area contributed by atoms with E-state index >= 15 is 0 Å². The van der Waals surface area contributed by atoms with Crippen LogP contribution in [0.15, 0.2) is 42.5 Å². The highest BCUT2D eigenvalue weighted by atomic mass is 16.5. The number of rotatable bonds is 8. The molecular formula is C24H33NO3. The Labute approximate surface area is 169 Å². The van der Waals surface area contributed by atoms with Gasteiger partial charge in [-0.05, 0) is 54.7 Å². The summed E-state index contributed by atoms with van der Waals surface area (Å²) in [7, 11) is 1.63. The Morgan fingerprint density at radius 1 is 1.11 bits per heavy atom. The molecule has 0 bridgehead atoms. The quantitative estimate of drug-likeness (QED) is 0.656. The van der Waals surface area contributed by atoms with Crippen molar-refractivity contribution in [1.29, 1.82) is 0 Å². The van der Waals surface area contributed by atoms with Crippen molar-refractivity contribution in [1.82, 2.24) is 5.32 Å². The summed E-state index contributed by atoms with van der Waals surface area (Å²) in [6.07, 6.45) is 2.00. The number of benzene rings is 2. The van der Waals surface area contributed by atoms with Gasteiger partial charge in [0.25, 0.3) is 5.91 Å². The zero-order valence-corrected chi connectivity index (χ0v) is 18.0. The number of carbonyl (C=O) groups is 1. The first-order chi connectivity index (χ1) is 13.2. The van der Waals surface area contributed by atoms with Crippen LogP contribution in [0.1, 0.15) is 68.9 Å². The highest BCUT2D eigenvalue weighted by Crippen LogP contribution is 2.26. The van der Waals surface area contributed by atoms with Crippen LogP contribution in [0, 0.1) is 0 Å². The third-order valence-electron chi connectivity index (χ3n) is 4.76. The molecular weight excluding hydrogens is 350 g/mol. The second-order valence-electron chi connectivity index (χ2n) is 8.25. The molecule has 0 spiro atoms. The molecule has 0 aliphatic carbocycles. The Hall–Kier alpha value is -2.49. The summed E-state index contributed by atoms with van der Waals surface area (Å²) in [6, 6.07) is 13.7. The topological polar surface area (TPSA) is 47.6 Å². The lowest BCUT2D eigenvalue weighted by Crippen LogP contribution is -2.32. The number of ether oxygens (including phenoxy) is 2. The molecule has 4 heteroatoms. The van der Waals surface area contributed by atoms with Gasteiger partial charge >= 0.3 is 0 Å². The minimum atomic E-state index is -0.0700. The highest BCUT2D eigenvalue weighted by molar-refractivity contribution is 5.94. The van der Waals surface area contributed by atoms with E-state index in [0.29, 0.717) is 17.9 Å². The lowest BCUT2D eigenvalue weighted by Gasteiger charge is -2.19. The maximum Gasteiger partial charge on any atom is 0.251 e. The molecule has 2 aromatic rings. The second kappa shape index (κ2) is 9.63. The summed E-state index contributed by atoms with van der Waals surface area (Å²) in [4.78, 5) is 12.5. The number of methoxy groups -OCH3 is 1. The largest absolute Gasteiger partial charge is 0.496 e. The molecule has 0 saturated carbocycles. The van der Waals surface area contributed by atoms with E-state index in [2.05, 4.69) is 45.1 Å². The summed E-state index contributed by atoms with van der Waals surface area (Å²) in [6.45, 7) is 11.0. The Balaban J connectivity index is 2.10. The number of hydrogen-bond donors (Lipinski definition) is 1. The molecule has 1 unspecified atom stereocenters. The van der Waals surface area contributed by atoms with Crippen LogP contribution >= 0.6 is 0 Å². The Bertz CT molecular complexity index is 775. The molecule has 0 aliphatic heterocycles. The molecule has 28 heavy (non-hydrogen) atoms. The van der Waals surface area contributed by atoms with Crippen molar-refractivity contribution in [2.24, 2.45) is 0 Å². The van der Waals surface area contributed by atoms with Gasteiger partial charge in [-0.3, -0.25) is 4.79 Å². The van der Waals surface area contributed by atoms with Crippen molar-refractivity contribution in [2.45, 2.75) is 65.5 Å². The fraction of sp³-hybridized carbons (Fsp3) is 0.458. The predicted octanol–water partition coefficient (Wildman–Crippen LogP) is 5.49. The van der Waals surface area contributed by atoms with Gasteiger partial charge in [-0.15, -0.1) is 0 Å². The highest BCUT2D eigenvalue weighted by Gasteiger charge is 2.14. The third-order valence-corrected chi connectivity index (χ3v) is 4.76. The van der Waals surface area contributed by atoms with Gasteiger partial charge in [0.15, 0.2) is 0 Å². The van der Waals surface area contributed by atoms with Gasteiger partial charge in [0.1, 0.15) is 18.1 Å². The monoisotopic (exact) mass is 383 g/mol. The molecule has 4 nitrogen and oxygen atoms in total. The minimum absolute atomic E-state index is 0.0700. The van der Waals surface area contributed by atoms with Crippen LogP contribution in [0.5, 0.6) is 11.5 Å². The Morgan fingerprint density at radius 3 is 2.36 bits per heavy atom. The standard InChI is InChI=1S/C24H33NO3/c1-7-8-17(2)25-23(26)18-9-14-22(27-6)19(15-18)16-28-21-12-10-20(11-13-21)24(3,4)5/h9-15,17H,7-8,16H2,1-6H3,(H,25,26). The fourth-order valence-corrected chi connectivity index (χ4v) is 3.06. The average Bonchev–Trinajstić information content (AvgIpc) is 2.65. The van der Waals surface area contributed by atoms with E-state index in [9.17, 15) is 4.79 Å². The summed E-state index contributed by atoms with van der Waals surface area (Å²) in [5.41, 5.74) is 2.83. The molecule has 0 heterocycles. The van der Waals surface area contributed by atoms with Crippen molar-refractivity contribution < 1.29 is 14.3 Å². The Morgan fingerprint density at radius 2 is 1.79 bits per heavy atom. The van der Waals surface area contributed by atoms with Gasteiger partial charge in [-0.25, -0.2) is 0 Å². The van der Waals surface area contributed by atoms with Crippen molar-refractivity contribution in [3.05, 3.63) is 59.2 Å². The van der Waals surface area contributed by atoms with Crippen LogP contribution in [-0.4, -0.2) is 19.1 Å². The van der Waals surface area contributed by atoms with Gasteiger partial charge in [-0.2, -0.15) is 0 Å². The van der Waals surface area contributed by atoms with Crippen molar-refractivity contribution in [3.8, 4) is 11.5 Å². The van der Waals surface area contributed by atoms with E-state index in [4.69, 9.17) is 9.47 Å². The fourth-order valence-electron chi connectivity index (χ4n) is 3.06. The first-order valence-electron chi connectivity index (χ1n) is 9.95.